The molecule has 1 aromatic rings. The Morgan fingerprint density at radius 1 is 1.46 bits per heavy atom. The molecular formula is C11H11FO. The van der Waals surface area contributed by atoms with E-state index in [1.54, 1.807) is 12.1 Å². The van der Waals surface area contributed by atoms with Gasteiger partial charge in [-0.15, -0.1) is 0 Å². The molecule has 0 fully saturated rings. The van der Waals surface area contributed by atoms with Crippen LogP contribution in [0.4, 0.5) is 4.39 Å². The first kappa shape index (κ1) is 9.60. The van der Waals surface area contributed by atoms with E-state index in [1.807, 2.05) is 6.92 Å². The molecule has 0 aliphatic rings. The Morgan fingerprint density at radius 2 is 2.23 bits per heavy atom. The molecular weight excluding hydrogens is 167 g/mol. The lowest BCUT2D eigenvalue weighted by atomic mass is 10.2. The van der Waals surface area contributed by atoms with Crippen molar-refractivity contribution in [2.24, 2.45) is 0 Å². The van der Waals surface area contributed by atoms with E-state index in [9.17, 15) is 4.39 Å². The van der Waals surface area contributed by atoms with Gasteiger partial charge in [-0.1, -0.05) is 18.8 Å². The summed E-state index contributed by atoms with van der Waals surface area (Å²) in [6.45, 7) is 1.95. The maximum Gasteiger partial charge on any atom is 0.166 e. The van der Waals surface area contributed by atoms with Crippen LogP contribution in [-0.4, -0.2) is 7.11 Å². The molecule has 68 valence electrons. The fourth-order valence-corrected chi connectivity index (χ4v) is 0.935. The van der Waals surface area contributed by atoms with Crippen molar-refractivity contribution in [2.75, 3.05) is 7.11 Å². The van der Waals surface area contributed by atoms with E-state index < -0.39 is 0 Å². The van der Waals surface area contributed by atoms with Gasteiger partial charge in [0.15, 0.2) is 11.6 Å². The van der Waals surface area contributed by atoms with Gasteiger partial charge in [-0.3, -0.25) is 0 Å². The molecule has 1 nitrogen and oxygen atoms in total. The van der Waals surface area contributed by atoms with Gasteiger partial charge in [0.1, 0.15) is 0 Å². The number of methoxy groups -OCH3 is 1. The molecule has 0 amide bonds. The zero-order valence-corrected chi connectivity index (χ0v) is 7.73. The lowest BCUT2D eigenvalue weighted by molar-refractivity contribution is 0.386. The minimum absolute atomic E-state index is 0.252. The van der Waals surface area contributed by atoms with Crippen LogP contribution in [0.5, 0.6) is 5.75 Å². The second kappa shape index (κ2) is 4.51. The summed E-state index contributed by atoms with van der Waals surface area (Å²) in [5.74, 6) is 5.59. The second-order valence-corrected chi connectivity index (χ2v) is 2.50. The highest BCUT2D eigenvalue weighted by molar-refractivity contribution is 5.39. The van der Waals surface area contributed by atoms with Gasteiger partial charge in [0.25, 0.3) is 0 Å². The van der Waals surface area contributed by atoms with Crippen LogP contribution in [-0.2, 0) is 0 Å². The maximum atomic E-state index is 13.1. The molecule has 0 radical (unpaired) electrons. The number of rotatable bonds is 1. The molecule has 0 spiro atoms. The van der Waals surface area contributed by atoms with Gasteiger partial charge < -0.3 is 4.74 Å². The third-order valence-electron chi connectivity index (χ3n) is 1.56. The topological polar surface area (TPSA) is 9.23 Å². The Kier molecular flexibility index (Phi) is 3.33. The molecule has 0 aliphatic heterocycles. The number of hydrogen-bond donors (Lipinski definition) is 0. The van der Waals surface area contributed by atoms with E-state index in [0.717, 1.165) is 6.42 Å². The first-order valence-corrected chi connectivity index (χ1v) is 4.10. The average Bonchev–Trinajstić information content (AvgIpc) is 2.15. The van der Waals surface area contributed by atoms with Gasteiger partial charge in [0.2, 0.25) is 0 Å². The SMILES string of the molecule is CCC#Cc1ccc(OC)c(F)c1. The van der Waals surface area contributed by atoms with Crippen molar-refractivity contribution in [3.8, 4) is 17.6 Å². The lowest BCUT2D eigenvalue weighted by Crippen LogP contribution is -1.88. The van der Waals surface area contributed by atoms with Crippen molar-refractivity contribution in [3.63, 3.8) is 0 Å². The molecule has 0 saturated heterocycles. The van der Waals surface area contributed by atoms with Crippen LogP contribution in [0.3, 0.4) is 0 Å². The standard InChI is InChI=1S/C11H11FO/c1-3-4-5-9-6-7-11(13-2)10(12)8-9/h6-8H,3H2,1-2H3. The molecule has 0 atom stereocenters. The zero-order valence-electron chi connectivity index (χ0n) is 7.73. The molecule has 1 rings (SSSR count). The summed E-state index contributed by atoms with van der Waals surface area (Å²) in [7, 11) is 1.44. The minimum Gasteiger partial charge on any atom is -0.494 e. The van der Waals surface area contributed by atoms with Gasteiger partial charge >= 0.3 is 0 Å². The first-order valence-electron chi connectivity index (χ1n) is 4.10. The highest BCUT2D eigenvalue weighted by Crippen LogP contribution is 2.16. The maximum absolute atomic E-state index is 13.1. The number of ether oxygens (including phenoxy) is 1. The Balaban J connectivity index is 2.96. The predicted molar refractivity (Wildman–Crippen MR) is 50.1 cm³/mol. The number of hydrogen-bond acceptors (Lipinski definition) is 1. The zero-order chi connectivity index (χ0) is 9.68. The largest absolute Gasteiger partial charge is 0.494 e. The van der Waals surface area contributed by atoms with E-state index in [1.165, 1.54) is 13.2 Å². The third kappa shape index (κ3) is 2.48. The monoisotopic (exact) mass is 178 g/mol. The summed E-state index contributed by atoms with van der Waals surface area (Å²) in [5.41, 5.74) is 0.681. The lowest BCUT2D eigenvalue weighted by Gasteiger charge is -2.00. The van der Waals surface area contributed by atoms with Gasteiger partial charge in [-0.05, 0) is 18.2 Å². The van der Waals surface area contributed by atoms with Gasteiger partial charge in [-0.25, -0.2) is 4.39 Å². The molecule has 0 unspecified atom stereocenters. The van der Waals surface area contributed by atoms with Crippen molar-refractivity contribution >= 4 is 0 Å². The van der Waals surface area contributed by atoms with E-state index in [-0.39, 0.29) is 11.6 Å². The van der Waals surface area contributed by atoms with Crippen molar-refractivity contribution in [1.29, 1.82) is 0 Å². The second-order valence-electron chi connectivity index (χ2n) is 2.50. The molecule has 13 heavy (non-hydrogen) atoms. The summed E-state index contributed by atoms with van der Waals surface area (Å²) in [6, 6.07) is 4.70. The Morgan fingerprint density at radius 3 is 2.77 bits per heavy atom. The molecule has 0 bridgehead atoms. The molecule has 0 aromatic heterocycles. The number of benzene rings is 1. The van der Waals surface area contributed by atoms with Crippen LogP contribution in [0.1, 0.15) is 18.9 Å². The Hall–Kier alpha value is -1.49. The molecule has 0 N–H and O–H groups in total. The van der Waals surface area contributed by atoms with Crippen molar-refractivity contribution < 1.29 is 9.13 Å². The fraction of sp³-hybridized carbons (Fsp3) is 0.273. The van der Waals surface area contributed by atoms with Crippen LogP contribution >= 0.6 is 0 Å². The third-order valence-corrected chi connectivity index (χ3v) is 1.56. The van der Waals surface area contributed by atoms with Crippen molar-refractivity contribution in [1.82, 2.24) is 0 Å². The smallest absolute Gasteiger partial charge is 0.166 e. The first-order chi connectivity index (χ1) is 6.27. The molecule has 1 aromatic carbocycles. The van der Waals surface area contributed by atoms with E-state index in [2.05, 4.69) is 11.8 Å². The Bertz CT molecular complexity index is 347. The summed E-state index contributed by atoms with van der Waals surface area (Å²) < 4.78 is 17.9. The van der Waals surface area contributed by atoms with Crippen molar-refractivity contribution in [2.45, 2.75) is 13.3 Å². The fourth-order valence-electron chi connectivity index (χ4n) is 0.935. The van der Waals surface area contributed by atoms with Crippen molar-refractivity contribution in [3.05, 3.63) is 29.6 Å². The summed E-state index contributed by atoms with van der Waals surface area (Å²) in [5, 5.41) is 0. The Labute approximate surface area is 77.5 Å². The highest BCUT2D eigenvalue weighted by atomic mass is 19.1. The molecule has 0 saturated carbocycles. The van der Waals surface area contributed by atoms with Crippen LogP contribution in [0.25, 0.3) is 0 Å². The molecule has 2 heteroatoms. The van der Waals surface area contributed by atoms with Crippen LogP contribution < -0.4 is 4.74 Å². The quantitative estimate of drug-likeness (QED) is 0.600. The summed E-state index contributed by atoms with van der Waals surface area (Å²) in [6.07, 6.45) is 0.771. The molecule has 0 heterocycles. The van der Waals surface area contributed by atoms with Gasteiger partial charge in [0, 0.05) is 12.0 Å². The summed E-state index contributed by atoms with van der Waals surface area (Å²) in [4.78, 5) is 0. The average molecular weight is 178 g/mol. The van der Waals surface area contributed by atoms with E-state index in [0.29, 0.717) is 5.56 Å². The summed E-state index contributed by atoms with van der Waals surface area (Å²) >= 11 is 0. The minimum atomic E-state index is -0.370. The van der Waals surface area contributed by atoms with E-state index >= 15 is 0 Å². The van der Waals surface area contributed by atoms with E-state index in [4.69, 9.17) is 4.74 Å². The van der Waals surface area contributed by atoms with Crippen LogP contribution in [0, 0.1) is 17.7 Å². The van der Waals surface area contributed by atoms with Crippen LogP contribution in [0.15, 0.2) is 18.2 Å². The normalized spacial score (nSPS) is 8.85. The molecule has 0 aliphatic carbocycles. The number of halogens is 1. The predicted octanol–water partition coefficient (Wildman–Crippen LogP) is 2.60. The highest BCUT2D eigenvalue weighted by Gasteiger charge is 2.00. The van der Waals surface area contributed by atoms with Gasteiger partial charge in [0.05, 0.1) is 7.11 Å². The van der Waals surface area contributed by atoms with Gasteiger partial charge in [-0.2, -0.15) is 0 Å². The van der Waals surface area contributed by atoms with Crippen LogP contribution in [0.2, 0.25) is 0 Å².